The summed E-state index contributed by atoms with van der Waals surface area (Å²) in [5.74, 6) is 0.317. The van der Waals surface area contributed by atoms with Crippen molar-refractivity contribution >= 4 is 16.7 Å². The molecular formula is C24H23N3. The van der Waals surface area contributed by atoms with Crippen molar-refractivity contribution in [2.24, 2.45) is 0 Å². The van der Waals surface area contributed by atoms with Crippen LogP contribution >= 0.6 is 0 Å². The quantitative estimate of drug-likeness (QED) is 0.487. The monoisotopic (exact) mass is 353 g/mol. The Bertz CT molecular complexity index is 1070. The molecule has 1 aromatic heterocycles. The Morgan fingerprint density at radius 2 is 1.48 bits per heavy atom. The fourth-order valence-electron chi connectivity index (χ4n) is 3.58. The predicted molar refractivity (Wildman–Crippen MR) is 113 cm³/mol. The number of anilines is 1. The number of benzene rings is 3. The maximum Gasteiger partial charge on any atom is 0.221 e. The molecule has 0 saturated carbocycles. The van der Waals surface area contributed by atoms with Gasteiger partial charge in [0.2, 0.25) is 5.95 Å². The molecule has 4 rings (SSSR count). The molecule has 0 radical (unpaired) electrons. The third kappa shape index (κ3) is 3.41. The molecular weight excluding hydrogens is 330 g/mol. The summed E-state index contributed by atoms with van der Waals surface area (Å²) in [5, 5.41) is 2.39. The molecule has 3 nitrogen and oxygen atoms in total. The van der Waals surface area contributed by atoms with Crippen molar-refractivity contribution in [3.8, 4) is 22.5 Å². The van der Waals surface area contributed by atoms with Crippen molar-refractivity contribution in [2.75, 3.05) is 5.73 Å². The fourth-order valence-corrected chi connectivity index (χ4v) is 3.58. The Labute approximate surface area is 159 Å². The van der Waals surface area contributed by atoms with Gasteiger partial charge >= 0.3 is 0 Å². The first-order valence-corrected chi connectivity index (χ1v) is 9.48. The van der Waals surface area contributed by atoms with Crippen molar-refractivity contribution in [3.63, 3.8) is 0 Å². The molecule has 0 saturated heterocycles. The van der Waals surface area contributed by atoms with Crippen molar-refractivity contribution in [1.29, 1.82) is 0 Å². The highest BCUT2D eigenvalue weighted by atomic mass is 15.0. The number of aromatic nitrogens is 2. The molecule has 4 aromatic rings. The highest BCUT2D eigenvalue weighted by molar-refractivity contribution is 5.97. The first kappa shape index (κ1) is 17.2. The second kappa shape index (κ2) is 7.58. The van der Waals surface area contributed by atoms with E-state index in [4.69, 9.17) is 10.7 Å². The Balaban J connectivity index is 2.01. The number of nitrogens with zero attached hydrogens (tertiary/aromatic N) is 2. The minimum Gasteiger partial charge on any atom is -0.368 e. The molecule has 3 aromatic carbocycles. The first-order chi connectivity index (χ1) is 13.3. The molecule has 0 spiro atoms. The summed E-state index contributed by atoms with van der Waals surface area (Å²) in [6.07, 6.45) is 3.14. The van der Waals surface area contributed by atoms with E-state index in [9.17, 15) is 0 Å². The van der Waals surface area contributed by atoms with Crippen molar-refractivity contribution in [3.05, 3.63) is 78.4 Å². The van der Waals surface area contributed by atoms with Gasteiger partial charge in [0, 0.05) is 16.7 Å². The van der Waals surface area contributed by atoms with Crippen LogP contribution in [-0.2, 0) is 6.42 Å². The number of unbranched alkanes of at least 4 members (excludes halogenated alkanes) is 1. The van der Waals surface area contributed by atoms with Crippen LogP contribution in [0.1, 0.15) is 25.3 Å². The molecule has 0 amide bonds. The van der Waals surface area contributed by atoms with Crippen LogP contribution in [0.5, 0.6) is 0 Å². The van der Waals surface area contributed by atoms with Gasteiger partial charge in [-0.15, -0.1) is 0 Å². The zero-order valence-corrected chi connectivity index (χ0v) is 15.5. The summed E-state index contributed by atoms with van der Waals surface area (Å²) in [6, 6.07) is 25.0. The summed E-state index contributed by atoms with van der Waals surface area (Å²) < 4.78 is 0. The van der Waals surface area contributed by atoms with Gasteiger partial charge in [-0.05, 0) is 23.6 Å². The van der Waals surface area contributed by atoms with E-state index in [2.05, 4.69) is 66.5 Å². The van der Waals surface area contributed by atoms with E-state index in [1.165, 1.54) is 16.3 Å². The number of hydrogen-bond donors (Lipinski definition) is 1. The lowest BCUT2D eigenvalue weighted by Gasteiger charge is -2.16. The van der Waals surface area contributed by atoms with Gasteiger partial charge in [-0.3, -0.25) is 0 Å². The van der Waals surface area contributed by atoms with Gasteiger partial charge in [0.15, 0.2) is 0 Å². The van der Waals surface area contributed by atoms with E-state index >= 15 is 0 Å². The molecule has 0 bridgehead atoms. The molecule has 3 heteroatoms. The summed E-state index contributed by atoms with van der Waals surface area (Å²) >= 11 is 0. The third-order valence-electron chi connectivity index (χ3n) is 4.90. The number of rotatable bonds is 5. The summed E-state index contributed by atoms with van der Waals surface area (Å²) in [5.41, 5.74) is 11.4. The molecule has 0 fully saturated rings. The zero-order chi connectivity index (χ0) is 18.6. The van der Waals surface area contributed by atoms with E-state index < -0.39 is 0 Å². The van der Waals surface area contributed by atoms with Gasteiger partial charge < -0.3 is 5.73 Å². The van der Waals surface area contributed by atoms with Crippen LogP contribution in [0, 0.1) is 0 Å². The summed E-state index contributed by atoms with van der Waals surface area (Å²) in [4.78, 5) is 9.33. The Morgan fingerprint density at radius 3 is 2.30 bits per heavy atom. The van der Waals surface area contributed by atoms with Crippen LogP contribution in [-0.4, -0.2) is 9.97 Å². The van der Waals surface area contributed by atoms with Gasteiger partial charge in [0.05, 0.1) is 11.4 Å². The predicted octanol–water partition coefficient (Wildman–Crippen LogP) is 5.89. The normalized spacial score (nSPS) is 11.0. The Morgan fingerprint density at radius 1 is 0.778 bits per heavy atom. The summed E-state index contributed by atoms with van der Waals surface area (Å²) in [7, 11) is 0. The van der Waals surface area contributed by atoms with Crippen LogP contribution in [0.4, 0.5) is 5.95 Å². The molecule has 0 aliphatic carbocycles. The van der Waals surface area contributed by atoms with Gasteiger partial charge in [-0.1, -0.05) is 86.1 Å². The second-order valence-corrected chi connectivity index (χ2v) is 6.75. The molecule has 134 valence electrons. The van der Waals surface area contributed by atoms with E-state index in [0.29, 0.717) is 5.95 Å². The van der Waals surface area contributed by atoms with Gasteiger partial charge in [0.25, 0.3) is 0 Å². The van der Waals surface area contributed by atoms with E-state index in [0.717, 1.165) is 41.8 Å². The minimum absolute atomic E-state index is 0.317. The molecule has 27 heavy (non-hydrogen) atoms. The molecule has 1 heterocycles. The fraction of sp³-hybridized carbons (Fsp3) is 0.167. The molecule has 0 unspecified atom stereocenters. The second-order valence-electron chi connectivity index (χ2n) is 6.75. The lowest BCUT2D eigenvalue weighted by molar-refractivity contribution is 0.791. The molecule has 0 aliphatic heterocycles. The van der Waals surface area contributed by atoms with Crippen LogP contribution < -0.4 is 5.73 Å². The highest BCUT2D eigenvalue weighted by Gasteiger charge is 2.17. The number of fused-ring (bicyclic) bond motifs is 1. The average Bonchev–Trinajstić information content (AvgIpc) is 2.72. The van der Waals surface area contributed by atoms with Gasteiger partial charge in [0.1, 0.15) is 0 Å². The smallest absolute Gasteiger partial charge is 0.221 e. The largest absolute Gasteiger partial charge is 0.368 e. The minimum atomic E-state index is 0.317. The molecule has 0 atom stereocenters. The average molecular weight is 353 g/mol. The topological polar surface area (TPSA) is 51.8 Å². The molecule has 2 N–H and O–H groups in total. The van der Waals surface area contributed by atoms with E-state index in [-0.39, 0.29) is 0 Å². The Hall–Kier alpha value is -3.20. The standard InChI is InChI=1S/C24H23N3/c1-2-3-14-21-22(18-11-5-4-6-12-18)26-24(25)27-23(21)20-16-9-13-17-10-7-8-15-19(17)20/h4-13,15-16H,2-3,14H2,1H3,(H2,25,26,27). The maximum absolute atomic E-state index is 6.15. The highest BCUT2D eigenvalue weighted by Crippen LogP contribution is 2.35. The van der Waals surface area contributed by atoms with Gasteiger partial charge in [-0.25, -0.2) is 9.97 Å². The summed E-state index contributed by atoms with van der Waals surface area (Å²) in [6.45, 7) is 2.21. The van der Waals surface area contributed by atoms with Crippen LogP contribution in [0.25, 0.3) is 33.3 Å². The lowest BCUT2D eigenvalue weighted by atomic mass is 9.93. The zero-order valence-electron chi connectivity index (χ0n) is 15.5. The Kier molecular flexibility index (Phi) is 4.84. The lowest BCUT2D eigenvalue weighted by Crippen LogP contribution is -2.05. The maximum atomic E-state index is 6.15. The van der Waals surface area contributed by atoms with Crippen LogP contribution in [0.3, 0.4) is 0 Å². The van der Waals surface area contributed by atoms with Crippen molar-refractivity contribution < 1.29 is 0 Å². The first-order valence-electron chi connectivity index (χ1n) is 9.48. The van der Waals surface area contributed by atoms with E-state index in [1.54, 1.807) is 0 Å². The number of hydrogen-bond acceptors (Lipinski definition) is 3. The van der Waals surface area contributed by atoms with E-state index in [1.807, 2.05) is 18.2 Å². The number of nitrogen functional groups attached to an aromatic ring is 1. The number of nitrogens with two attached hydrogens (primary N) is 1. The third-order valence-corrected chi connectivity index (χ3v) is 4.90. The van der Waals surface area contributed by atoms with Crippen molar-refractivity contribution in [1.82, 2.24) is 9.97 Å². The van der Waals surface area contributed by atoms with Crippen molar-refractivity contribution in [2.45, 2.75) is 26.2 Å². The SMILES string of the molecule is CCCCc1c(-c2ccccc2)nc(N)nc1-c1cccc2ccccc12. The van der Waals surface area contributed by atoms with Crippen LogP contribution in [0.2, 0.25) is 0 Å². The van der Waals surface area contributed by atoms with Crippen LogP contribution in [0.15, 0.2) is 72.8 Å². The molecule has 0 aliphatic rings. The van der Waals surface area contributed by atoms with Gasteiger partial charge in [-0.2, -0.15) is 0 Å².